The Balaban J connectivity index is 2.71. The molecule has 0 bridgehead atoms. The van der Waals surface area contributed by atoms with Crippen LogP contribution in [-0.2, 0) is 9.59 Å². The molecule has 0 aliphatic carbocycles. The van der Waals surface area contributed by atoms with Crippen molar-refractivity contribution in [3.8, 4) is 0 Å². The van der Waals surface area contributed by atoms with Crippen LogP contribution in [0.25, 0.3) is 0 Å². The molecular weight excluding hydrogens is 266 g/mol. The Labute approximate surface area is 128 Å². The van der Waals surface area contributed by atoms with Gasteiger partial charge in [0.05, 0.1) is 11.5 Å². The summed E-state index contributed by atoms with van der Waals surface area (Å²) in [4.78, 5) is 26.5. The maximum Gasteiger partial charge on any atom is 0.225 e. The molecule has 1 rings (SSSR count). The average molecular weight is 297 g/mol. The predicted octanol–water partition coefficient (Wildman–Crippen LogP) is 1.51. The Morgan fingerprint density at radius 3 is 2.43 bits per heavy atom. The molecule has 0 aromatic rings. The van der Waals surface area contributed by atoms with E-state index in [-0.39, 0.29) is 29.7 Å². The summed E-state index contributed by atoms with van der Waals surface area (Å²) in [7, 11) is 0. The van der Waals surface area contributed by atoms with Gasteiger partial charge in [-0.25, -0.2) is 0 Å². The lowest BCUT2D eigenvalue weighted by atomic mass is 9.87. The topological polar surface area (TPSA) is 75.4 Å². The second-order valence-corrected chi connectivity index (χ2v) is 6.68. The van der Waals surface area contributed by atoms with Crippen molar-refractivity contribution >= 4 is 11.8 Å². The zero-order valence-corrected chi connectivity index (χ0v) is 14.1. The fourth-order valence-corrected chi connectivity index (χ4v) is 2.80. The monoisotopic (exact) mass is 297 g/mol. The standard InChI is InChI=1S/C16H31N3O2/c1-6-13(7-2)19-9-12(8-14(19)20)15(21)18-16(5,10-17)11(3)4/h11-13H,6-10,17H2,1-5H3,(H,18,21). The Morgan fingerprint density at radius 2 is 2.00 bits per heavy atom. The SMILES string of the molecule is CCC(CC)N1CC(C(=O)NC(C)(CN)C(C)C)CC1=O. The lowest BCUT2D eigenvalue weighted by Crippen LogP contribution is -2.56. The van der Waals surface area contributed by atoms with E-state index in [0.717, 1.165) is 12.8 Å². The number of carbonyl (C=O) groups excluding carboxylic acids is 2. The van der Waals surface area contributed by atoms with Crippen LogP contribution in [0.4, 0.5) is 0 Å². The average Bonchev–Trinajstić information content (AvgIpc) is 2.82. The number of hydrogen-bond donors (Lipinski definition) is 2. The number of carbonyl (C=O) groups is 2. The third kappa shape index (κ3) is 3.96. The highest BCUT2D eigenvalue weighted by Crippen LogP contribution is 2.24. The van der Waals surface area contributed by atoms with E-state index in [4.69, 9.17) is 5.73 Å². The first-order valence-corrected chi connectivity index (χ1v) is 8.10. The maximum atomic E-state index is 12.5. The molecule has 0 radical (unpaired) electrons. The summed E-state index contributed by atoms with van der Waals surface area (Å²) >= 11 is 0. The molecule has 5 heteroatoms. The van der Waals surface area contributed by atoms with Crippen LogP contribution >= 0.6 is 0 Å². The van der Waals surface area contributed by atoms with Crippen LogP contribution < -0.4 is 11.1 Å². The largest absolute Gasteiger partial charge is 0.349 e. The van der Waals surface area contributed by atoms with Gasteiger partial charge in [-0.2, -0.15) is 0 Å². The molecule has 122 valence electrons. The number of hydrogen-bond acceptors (Lipinski definition) is 3. The molecule has 1 aliphatic heterocycles. The fraction of sp³-hybridized carbons (Fsp3) is 0.875. The molecule has 0 spiro atoms. The molecule has 5 nitrogen and oxygen atoms in total. The minimum atomic E-state index is -0.414. The Hall–Kier alpha value is -1.10. The smallest absolute Gasteiger partial charge is 0.225 e. The van der Waals surface area contributed by atoms with E-state index in [0.29, 0.717) is 19.5 Å². The van der Waals surface area contributed by atoms with Crippen LogP contribution in [-0.4, -0.2) is 41.4 Å². The minimum absolute atomic E-state index is 0.0431. The van der Waals surface area contributed by atoms with Crippen LogP contribution in [0.2, 0.25) is 0 Å². The molecule has 2 amide bonds. The van der Waals surface area contributed by atoms with Gasteiger partial charge in [0.25, 0.3) is 0 Å². The summed E-state index contributed by atoms with van der Waals surface area (Å²) in [6.45, 7) is 11.2. The highest BCUT2D eigenvalue weighted by Gasteiger charge is 2.39. The molecule has 3 N–H and O–H groups in total. The molecule has 0 saturated carbocycles. The normalized spacial score (nSPS) is 22.0. The van der Waals surface area contributed by atoms with Gasteiger partial charge in [-0.1, -0.05) is 27.7 Å². The summed E-state index contributed by atoms with van der Waals surface area (Å²) in [6.07, 6.45) is 2.19. The quantitative estimate of drug-likeness (QED) is 0.748. The number of nitrogens with one attached hydrogen (secondary N) is 1. The molecule has 2 atom stereocenters. The minimum Gasteiger partial charge on any atom is -0.349 e. The first-order valence-electron chi connectivity index (χ1n) is 8.10. The van der Waals surface area contributed by atoms with Crippen molar-refractivity contribution in [1.29, 1.82) is 0 Å². The predicted molar refractivity (Wildman–Crippen MR) is 84.6 cm³/mol. The second kappa shape index (κ2) is 7.25. The van der Waals surface area contributed by atoms with Crippen LogP contribution in [0.3, 0.4) is 0 Å². The number of nitrogens with two attached hydrogens (primary N) is 1. The summed E-state index contributed by atoms with van der Waals surface area (Å²) < 4.78 is 0. The third-order valence-corrected chi connectivity index (χ3v) is 5.02. The van der Waals surface area contributed by atoms with Crippen molar-refractivity contribution < 1.29 is 9.59 Å². The van der Waals surface area contributed by atoms with Crippen LogP contribution in [0, 0.1) is 11.8 Å². The van der Waals surface area contributed by atoms with Gasteiger partial charge in [-0.05, 0) is 25.7 Å². The van der Waals surface area contributed by atoms with Crippen molar-refractivity contribution in [2.45, 2.75) is 65.5 Å². The van der Waals surface area contributed by atoms with Gasteiger partial charge in [-0.3, -0.25) is 9.59 Å². The number of rotatable bonds is 7. The zero-order valence-electron chi connectivity index (χ0n) is 14.1. The van der Waals surface area contributed by atoms with E-state index < -0.39 is 5.54 Å². The van der Waals surface area contributed by atoms with E-state index in [9.17, 15) is 9.59 Å². The number of likely N-dealkylation sites (tertiary alicyclic amines) is 1. The highest BCUT2D eigenvalue weighted by atomic mass is 16.2. The van der Waals surface area contributed by atoms with Crippen molar-refractivity contribution in [2.75, 3.05) is 13.1 Å². The van der Waals surface area contributed by atoms with E-state index >= 15 is 0 Å². The first-order chi connectivity index (χ1) is 9.78. The van der Waals surface area contributed by atoms with Gasteiger partial charge < -0.3 is 16.0 Å². The fourth-order valence-electron chi connectivity index (χ4n) is 2.80. The van der Waals surface area contributed by atoms with Crippen molar-refractivity contribution in [3.05, 3.63) is 0 Å². The van der Waals surface area contributed by atoms with E-state index in [1.54, 1.807) is 0 Å². The number of nitrogens with zero attached hydrogens (tertiary/aromatic N) is 1. The Morgan fingerprint density at radius 1 is 1.43 bits per heavy atom. The first kappa shape index (κ1) is 18.0. The van der Waals surface area contributed by atoms with E-state index in [1.165, 1.54) is 0 Å². The van der Waals surface area contributed by atoms with E-state index in [2.05, 4.69) is 19.2 Å². The lowest BCUT2D eigenvalue weighted by molar-refractivity contribution is -0.130. The van der Waals surface area contributed by atoms with Gasteiger partial charge in [-0.15, -0.1) is 0 Å². The van der Waals surface area contributed by atoms with Gasteiger partial charge in [0.1, 0.15) is 0 Å². The molecule has 2 unspecified atom stereocenters. The molecule has 21 heavy (non-hydrogen) atoms. The van der Waals surface area contributed by atoms with Crippen molar-refractivity contribution in [1.82, 2.24) is 10.2 Å². The third-order valence-electron chi connectivity index (χ3n) is 5.02. The Bertz CT molecular complexity index is 380. The van der Waals surface area contributed by atoms with Crippen molar-refractivity contribution in [2.24, 2.45) is 17.6 Å². The molecule has 1 heterocycles. The highest BCUT2D eigenvalue weighted by molar-refractivity contribution is 5.89. The summed E-state index contributed by atoms with van der Waals surface area (Å²) in [5.41, 5.74) is 5.39. The molecule has 1 fully saturated rings. The molecule has 0 aromatic heterocycles. The maximum absolute atomic E-state index is 12.5. The number of amides is 2. The summed E-state index contributed by atoms with van der Waals surface area (Å²) in [6, 6.07) is 0.251. The Kier molecular flexibility index (Phi) is 6.20. The molecule has 1 saturated heterocycles. The summed E-state index contributed by atoms with van der Waals surface area (Å²) in [5.74, 6) is 0.0581. The lowest BCUT2D eigenvalue weighted by Gasteiger charge is -2.34. The molecule has 0 aromatic carbocycles. The second-order valence-electron chi connectivity index (χ2n) is 6.68. The van der Waals surface area contributed by atoms with E-state index in [1.807, 2.05) is 25.7 Å². The summed E-state index contributed by atoms with van der Waals surface area (Å²) in [5, 5.41) is 3.06. The van der Waals surface area contributed by atoms with Crippen LogP contribution in [0.15, 0.2) is 0 Å². The van der Waals surface area contributed by atoms with Crippen LogP contribution in [0.1, 0.15) is 53.9 Å². The molecular formula is C16H31N3O2. The van der Waals surface area contributed by atoms with Gasteiger partial charge in [0.15, 0.2) is 0 Å². The van der Waals surface area contributed by atoms with Crippen molar-refractivity contribution in [3.63, 3.8) is 0 Å². The van der Waals surface area contributed by atoms with Crippen LogP contribution in [0.5, 0.6) is 0 Å². The zero-order chi connectivity index (χ0) is 16.2. The van der Waals surface area contributed by atoms with Gasteiger partial charge >= 0.3 is 0 Å². The molecule has 1 aliphatic rings. The van der Waals surface area contributed by atoms with Gasteiger partial charge in [0, 0.05) is 25.6 Å². The van der Waals surface area contributed by atoms with Gasteiger partial charge in [0.2, 0.25) is 11.8 Å².